The van der Waals surface area contributed by atoms with E-state index < -0.39 is 0 Å². The predicted octanol–water partition coefficient (Wildman–Crippen LogP) is 3.49. The first kappa shape index (κ1) is 17.1. The average Bonchev–Trinajstić information content (AvgIpc) is 3.11. The number of carbonyl (C=O) groups is 1. The molecule has 0 spiro atoms. The number of ether oxygens (including phenoxy) is 1. The lowest BCUT2D eigenvalue weighted by Gasteiger charge is -2.21. The summed E-state index contributed by atoms with van der Waals surface area (Å²) in [6, 6.07) is 7.50. The third kappa shape index (κ3) is 4.63. The van der Waals surface area contributed by atoms with E-state index in [1.165, 1.54) is 32.1 Å². The molecule has 3 rings (SSSR count). The number of urea groups is 1. The molecule has 24 heavy (non-hydrogen) atoms. The number of likely N-dealkylation sites (tertiary alicyclic amines) is 1. The van der Waals surface area contributed by atoms with Gasteiger partial charge in [0.15, 0.2) is 0 Å². The van der Waals surface area contributed by atoms with Crippen LogP contribution in [0.15, 0.2) is 24.3 Å². The molecule has 132 valence electrons. The van der Waals surface area contributed by atoms with Crippen LogP contribution in [0.3, 0.4) is 0 Å². The summed E-state index contributed by atoms with van der Waals surface area (Å²) < 4.78 is 5.88. The van der Waals surface area contributed by atoms with Crippen LogP contribution < -0.4 is 10.1 Å². The molecule has 1 unspecified atom stereocenters. The Morgan fingerprint density at radius 1 is 1.12 bits per heavy atom. The molecule has 5 nitrogen and oxygen atoms in total. The first-order valence-electron chi connectivity index (χ1n) is 9.14. The molecule has 1 aliphatic carbocycles. The second-order valence-electron chi connectivity index (χ2n) is 7.05. The summed E-state index contributed by atoms with van der Waals surface area (Å²) in [7, 11) is 0. The Bertz CT molecular complexity index is 526. The highest BCUT2D eigenvalue weighted by Crippen LogP contribution is 2.25. The Labute approximate surface area is 144 Å². The van der Waals surface area contributed by atoms with Crippen LogP contribution in [0, 0.1) is 11.8 Å². The maximum Gasteiger partial charge on any atom is 0.321 e. The summed E-state index contributed by atoms with van der Waals surface area (Å²) in [5, 5.41) is 12.1. The lowest BCUT2D eigenvalue weighted by Crippen LogP contribution is -2.33. The molecular formula is C19H28N2O3. The molecule has 1 aromatic carbocycles. The third-order valence-corrected chi connectivity index (χ3v) is 5.15. The third-order valence-electron chi connectivity index (χ3n) is 5.15. The van der Waals surface area contributed by atoms with Crippen molar-refractivity contribution in [3.8, 4) is 5.75 Å². The van der Waals surface area contributed by atoms with Crippen LogP contribution in [0.5, 0.6) is 5.75 Å². The number of nitrogens with zero attached hydrogens (tertiary/aromatic N) is 1. The highest BCUT2D eigenvalue weighted by Gasteiger charge is 2.25. The summed E-state index contributed by atoms with van der Waals surface area (Å²) in [6.07, 6.45) is 7.44. The van der Waals surface area contributed by atoms with Gasteiger partial charge in [0.2, 0.25) is 0 Å². The van der Waals surface area contributed by atoms with Gasteiger partial charge in [-0.25, -0.2) is 4.79 Å². The summed E-state index contributed by atoms with van der Waals surface area (Å²) in [5.41, 5.74) is 0.775. The molecule has 1 saturated carbocycles. The molecule has 1 aliphatic heterocycles. The van der Waals surface area contributed by atoms with Crippen LogP contribution >= 0.6 is 0 Å². The molecule has 0 aromatic heterocycles. The van der Waals surface area contributed by atoms with Gasteiger partial charge in [-0.1, -0.05) is 19.3 Å². The number of hydrogen-bond acceptors (Lipinski definition) is 3. The van der Waals surface area contributed by atoms with Gasteiger partial charge in [0.1, 0.15) is 5.75 Å². The van der Waals surface area contributed by atoms with Gasteiger partial charge < -0.3 is 20.1 Å². The number of aliphatic hydroxyl groups is 1. The summed E-state index contributed by atoms with van der Waals surface area (Å²) in [4.78, 5) is 14.0. The Morgan fingerprint density at radius 3 is 2.54 bits per heavy atom. The summed E-state index contributed by atoms with van der Waals surface area (Å²) >= 11 is 0. The standard InChI is InChI=1S/C19H28N2O3/c22-13-16-10-11-21(12-16)19(23)20-17-6-8-18(9-7-17)24-14-15-4-2-1-3-5-15/h6-9,15-16,22H,1-5,10-14H2,(H,20,23). The van der Waals surface area contributed by atoms with Crippen molar-refractivity contribution in [2.24, 2.45) is 11.8 Å². The van der Waals surface area contributed by atoms with Crippen molar-refractivity contribution in [2.75, 3.05) is 31.6 Å². The van der Waals surface area contributed by atoms with E-state index in [2.05, 4.69) is 5.32 Å². The summed E-state index contributed by atoms with van der Waals surface area (Å²) in [6.45, 7) is 2.28. The minimum Gasteiger partial charge on any atom is -0.493 e. The van der Waals surface area contributed by atoms with Gasteiger partial charge in [0.25, 0.3) is 0 Å². The maximum absolute atomic E-state index is 12.2. The van der Waals surface area contributed by atoms with E-state index in [0.29, 0.717) is 19.0 Å². The van der Waals surface area contributed by atoms with E-state index in [1.54, 1.807) is 4.90 Å². The fourth-order valence-corrected chi connectivity index (χ4v) is 3.57. The molecule has 0 radical (unpaired) electrons. The first-order valence-corrected chi connectivity index (χ1v) is 9.14. The largest absolute Gasteiger partial charge is 0.493 e. The monoisotopic (exact) mass is 332 g/mol. The number of hydrogen-bond donors (Lipinski definition) is 2. The van der Waals surface area contributed by atoms with Crippen molar-refractivity contribution in [3.63, 3.8) is 0 Å². The zero-order valence-corrected chi connectivity index (χ0v) is 14.2. The van der Waals surface area contributed by atoms with Crippen LogP contribution in [-0.2, 0) is 0 Å². The van der Waals surface area contributed by atoms with E-state index in [9.17, 15) is 4.79 Å². The van der Waals surface area contributed by atoms with Crippen molar-refractivity contribution >= 4 is 11.7 Å². The smallest absolute Gasteiger partial charge is 0.321 e. The van der Waals surface area contributed by atoms with Gasteiger partial charge in [-0.3, -0.25) is 0 Å². The van der Waals surface area contributed by atoms with Crippen LogP contribution in [0.1, 0.15) is 38.5 Å². The minimum absolute atomic E-state index is 0.0955. The molecular weight excluding hydrogens is 304 g/mol. The molecule has 5 heteroatoms. The molecule has 0 bridgehead atoms. The Kier molecular flexibility index (Phi) is 5.96. The van der Waals surface area contributed by atoms with Crippen molar-refractivity contribution < 1.29 is 14.6 Å². The molecule has 1 saturated heterocycles. The molecule has 1 heterocycles. The average molecular weight is 332 g/mol. The van der Waals surface area contributed by atoms with Crippen molar-refractivity contribution in [2.45, 2.75) is 38.5 Å². The van der Waals surface area contributed by atoms with Gasteiger partial charge in [-0.05, 0) is 49.4 Å². The van der Waals surface area contributed by atoms with E-state index in [-0.39, 0.29) is 18.6 Å². The number of rotatable bonds is 5. The molecule has 1 atom stereocenters. The Morgan fingerprint density at radius 2 is 1.88 bits per heavy atom. The quantitative estimate of drug-likeness (QED) is 0.867. The van der Waals surface area contributed by atoms with Gasteiger partial charge in [-0.15, -0.1) is 0 Å². The maximum atomic E-state index is 12.2. The lowest BCUT2D eigenvalue weighted by atomic mass is 9.90. The fourth-order valence-electron chi connectivity index (χ4n) is 3.57. The summed E-state index contributed by atoms with van der Waals surface area (Å²) in [5.74, 6) is 1.76. The van der Waals surface area contributed by atoms with E-state index in [1.807, 2.05) is 24.3 Å². The number of carbonyl (C=O) groups excluding carboxylic acids is 1. The van der Waals surface area contributed by atoms with E-state index in [4.69, 9.17) is 9.84 Å². The normalized spacial score (nSPS) is 21.7. The molecule has 2 aliphatic rings. The molecule has 1 aromatic rings. The lowest BCUT2D eigenvalue weighted by molar-refractivity contribution is 0.208. The van der Waals surface area contributed by atoms with Gasteiger partial charge in [-0.2, -0.15) is 0 Å². The van der Waals surface area contributed by atoms with Crippen LogP contribution in [0.2, 0.25) is 0 Å². The Hall–Kier alpha value is -1.75. The SMILES string of the molecule is O=C(Nc1ccc(OCC2CCCCC2)cc1)N1CCC(CO)C1. The second-order valence-corrected chi connectivity index (χ2v) is 7.05. The van der Waals surface area contributed by atoms with Crippen molar-refractivity contribution in [1.82, 2.24) is 4.90 Å². The zero-order valence-electron chi connectivity index (χ0n) is 14.2. The van der Waals surface area contributed by atoms with Crippen molar-refractivity contribution in [1.29, 1.82) is 0 Å². The van der Waals surface area contributed by atoms with E-state index in [0.717, 1.165) is 24.5 Å². The Balaban J connectivity index is 1.44. The van der Waals surface area contributed by atoms with Crippen LogP contribution in [0.25, 0.3) is 0 Å². The second kappa shape index (κ2) is 8.38. The number of amides is 2. The van der Waals surface area contributed by atoms with E-state index >= 15 is 0 Å². The highest BCUT2D eigenvalue weighted by atomic mass is 16.5. The van der Waals surface area contributed by atoms with Gasteiger partial charge in [0, 0.05) is 31.3 Å². The van der Waals surface area contributed by atoms with Crippen LogP contribution in [0.4, 0.5) is 10.5 Å². The minimum atomic E-state index is -0.0955. The van der Waals surface area contributed by atoms with Gasteiger partial charge >= 0.3 is 6.03 Å². The number of benzene rings is 1. The molecule has 2 fully saturated rings. The zero-order chi connectivity index (χ0) is 16.8. The van der Waals surface area contributed by atoms with Crippen LogP contribution in [-0.4, -0.2) is 42.3 Å². The van der Waals surface area contributed by atoms with Crippen molar-refractivity contribution in [3.05, 3.63) is 24.3 Å². The topological polar surface area (TPSA) is 61.8 Å². The highest BCUT2D eigenvalue weighted by molar-refractivity contribution is 5.89. The first-order chi connectivity index (χ1) is 11.7. The number of aliphatic hydroxyl groups excluding tert-OH is 1. The van der Waals surface area contributed by atoms with Gasteiger partial charge in [0.05, 0.1) is 6.61 Å². The predicted molar refractivity (Wildman–Crippen MR) is 94.3 cm³/mol. The fraction of sp³-hybridized carbons (Fsp3) is 0.632. The number of nitrogens with one attached hydrogen (secondary N) is 1. The molecule has 2 N–H and O–H groups in total. The molecule has 2 amide bonds. The number of anilines is 1.